The van der Waals surface area contributed by atoms with E-state index in [1.165, 1.54) is 0 Å². The Kier molecular flexibility index (Phi) is 4.16. The molecule has 0 saturated carbocycles. The minimum absolute atomic E-state index is 0.177. The van der Waals surface area contributed by atoms with Crippen molar-refractivity contribution in [3.05, 3.63) is 52.2 Å². The third kappa shape index (κ3) is 3.41. The van der Waals surface area contributed by atoms with Crippen LogP contribution < -0.4 is 0 Å². The quantitative estimate of drug-likeness (QED) is 0.792. The monoisotopic (exact) mass is 282 g/mol. The SMILES string of the molecule is Cc1ccc(S(=O)(=O)OCCc2cccs2)cc1. The van der Waals surface area contributed by atoms with Crippen LogP contribution in [0.25, 0.3) is 0 Å². The second-order valence-electron chi connectivity index (χ2n) is 3.92. The van der Waals surface area contributed by atoms with Crippen molar-refractivity contribution in [2.45, 2.75) is 18.2 Å². The van der Waals surface area contributed by atoms with E-state index in [0.717, 1.165) is 10.4 Å². The molecule has 0 aliphatic heterocycles. The first-order chi connectivity index (χ1) is 8.58. The summed E-state index contributed by atoms with van der Waals surface area (Å²) in [6.07, 6.45) is 0.614. The van der Waals surface area contributed by atoms with E-state index >= 15 is 0 Å². The third-order valence-electron chi connectivity index (χ3n) is 2.48. The molecule has 1 aromatic carbocycles. The molecule has 5 heteroatoms. The van der Waals surface area contributed by atoms with Gasteiger partial charge in [0.1, 0.15) is 0 Å². The second-order valence-corrected chi connectivity index (χ2v) is 6.57. The van der Waals surface area contributed by atoms with Crippen LogP contribution in [-0.2, 0) is 20.7 Å². The van der Waals surface area contributed by atoms with Gasteiger partial charge >= 0.3 is 0 Å². The predicted octanol–water partition coefficient (Wildman–Crippen LogP) is 3.00. The van der Waals surface area contributed by atoms with Gasteiger partial charge in [-0.25, -0.2) is 0 Å². The van der Waals surface area contributed by atoms with Crippen LogP contribution in [0.2, 0.25) is 0 Å². The van der Waals surface area contributed by atoms with Crippen molar-refractivity contribution >= 4 is 21.5 Å². The molecule has 0 N–H and O–H groups in total. The maximum atomic E-state index is 11.9. The fourth-order valence-corrected chi connectivity index (χ4v) is 3.08. The summed E-state index contributed by atoms with van der Waals surface area (Å²) in [5.74, 6) is 0. The molecule has 1 aromatic heterocycles. The highest BCUT2D eigenvalue weighted by molar-refractivity contribution is 7.86. The lowest BCUT2D eigenvalue weighted by Gasteiger charge is -2.05. The van der Waals surface area contributed by atoms with Gasteiger partial charge < -0.3 is 0 Å². The Morgan fingerprint density at radius 1 is 1.17 bits per heavy atom. The first-order valence-electron chi connectivity index (χ1n) is 5.56. The fourth-order valence-electron chi connectivity index (χ4n) is 1.48. The van der Waals surface area contributed by atoms with Gasteiger partial charge in [-0.3, -0.25) is 4.18 Å². The third-order valence-corrected chi connectivity index (χ3v) is 4.74. The standard InChI is InChI=1S/C13H14O3S2/c1-11-4-6-13(7-5-11)18(14,15)16-9-8-12-3-2-10-17-12/h2-7,10H,8-9H2,1H3. The van der Waals surface area contributed by atoms with E-state index in [2.05, 4.69) is 0 Å². The van der Waals surface area contributed by atoms with E-state index in [0.29, 0.717) is 6.42 Å². The van der Waals surface area contributed by atoms with Crippen LogP contribution in [0.4, 0.5) is 0 Å². The Labute approximate surface area is 111 Å². The van der Waals surface area contributed by atoms with Crippen molar-refractivity contribution in [2.75, 3.05) is 6.61 Å². The first-order valence-corrected chi connectivity index (χ1v) is 7.85. The minimum atomic E-state index is -3.63. The molecule has 3 nitrogen and oxygen atoms in total. The van der Waals surface area contributed by atoms with Crippen LogP contribution in [0, 0.1) is 6.92 Å². The molecule has 96 valence electrons. The van der Waals surface area contributed by atoms with E-state index in [4.69, 9.17) is 4.18 Å². The highest BCUT2D eigenvalue weighted by Crippen LogP contribution is 2.15. The van der Waals surface area contributed by atoms with Gasteiger partial charge in [0.05, 0.1) is 11.5 Å². The van der Waals surface area contributed by atoms with Gasteiger partial charge in [-0.1, -0.05) is 23.8 Å². The lowest BCUT2D eigenvalue weighted by molar-refractivity contribution is 0.323. The zero-order chi connectivity index (χ0) is 13.0. The minimum Gasteiger partial charge on any atom is -0.266 e. The molecule has 0 saturated heterocycles. The summed E-state index contributed by atoms with van der Waals surface area (Å²) in [5.41, 5.74) is 1.02. The van der Waals surface area contributed by atoms with Crippen molar-refractivity contribution in [3.63, 3.8) is 0 Å². The molecular weight excluding hydrogens is 268 g/mol. The van der Waals surface area contributed by atoms with E-state index in [1.807, 2.05) is 24.4 Å². The lowest BCUT2D eigenvalue weighted by Crippen LogP contribution is -2.08. The molecule has 0 aliphatic rings. The van der Waals surface area contributed by atoms with Crippen molar-refractivity contribution < 1.29 is 12.6 Å². The highest BCUT2D eigenvalue weighted by atomic mass is 32.2. The van der Waals surface area contributed by atoms with Crippen molar-refractivity contribution in [1.82, 2.24) is 0 Å². The number of hydrogen-bond acceptors (Lipinski definition) is 4. The molecular formula is C13H14O3S2. The molecule has 18 heavy (non-hydrogen) atoms. The Balaban J connectivity index is 1.97. The largest absolute Gasteiger partial charge is 0.296 e. The summed E-state index contributed by atoms with van der Waals surface area (Å²) in [6.45, 7) is 2.09. The first kappa shape index (κ1) is 13.3. The summed E-state index contributed by atoms with van der Waals surface area (Å²) >= 11 is 1.60. The summed E-state index contributed by atoms with van der Waals surface area (Å²) in [5, 5.41) is 1.96. The second kappa shape index (κ2) is 5.65. The van der Waals surface area contributed by atoms with Crippen LogP contribution in [0.5, 0.6) is 0 Å². The van der Waals surface area contributed by atoms with Gasteiger partial charge in [-0.05, 0) is 30.5 Å². The summed E-state index contributed by atoms with van der Waals surface area (Å²) in [7, 11) is -3.63. The molecule has 2 aromatic rings. The van der Waals surface area contributed by atoms with Crippen LogP contribution in [0.15, 0.2) is 46.7 Å². The Morgan fingerprint density at radius 2 is 1.89 bits per heavy atom. The molecule has 0 atom stereocenters. The molecule has 0 bridgehead atoms. The summed E-state index contributed by atoms with van der Waals surface area (Å²) in [4.78, 5) is 1.33. The summed E-state index contributed by atoms with van der Waals surface area (Å²) in [6, 6.07) is 10.6. The van der Waals surface area contributed by atoms with Crippen molar-refractivity contribution in [2.24, 2.45) is 0 Å². The molecule has 0 unspecified atom stereocenters. The smallest absolute Gasteiger partial charge is 0.266 e. The van der Waals surface area contributed by atoms with E-state index in [9.17, 15) is 8.42 Å². The number of aryl methyl sites for hydroxylation is 1. The molecule has 1 heterocycles. The summed E-state index contributed by atoms with van der Waals surface area (Å²) < 4.78 is 28.7. The Hall–Kier alpha value is -1.17. The molecule has 2 rings (SSSR count). The zero-order valence-electron chi connectivity index (χ0n) is 10.00. The lowest BCUT2D eigenvalue weighted by atomic mass is 10.2. The number of benzene rings is 1. The van der Waals surface area contributed by atoms with Gasteiger partial charge in [-0.15, -0.1) is 11.3 Å². The maximum Gasteiger partial charge on any atom is 0.296 e. The van der Waals surface area contributed by atoms with Gasteiger partial charge in [0, 0.05) is 11.3 Å². The van der Waals surface area contributed by atoms with Gasteiger partial charge in [-0.2, -0.15) is 8.42 Å². The van der Waals surface area contributed by atoms with Gasteiger partial charge in [0.2, 0.25) is 0 Å². The van der Waals surface area contributed by atoms with Crippen LogP contribution in [0.1, 0.15) is 10.4 Å². The molecule has 0 aliphatic carbocycles. The normalized spacial score (nSPS) is 11.6. The topological polar surface area (TPSA) is 43.4 Å². The van der Waals surface area contributed by atoms with E-state index < -0.39 is 10.1 Å². The van der Waals surface area contributed by atoms with Crippen LogP contribution >= 0.6 is 11.3 Å². The van der Waals surface area contributed by atoms with Crippen molar-refractivity contribution in [3.8, 4) is 0 Å². The molecule has 0 spiro atoms. The average molecular weight is 282 g/mol. The van der Waals surface area contributed by atoms with E-state index in [1.54, 1.807) is 35.6 Å². The average Bonchev–Trinajstić information content (AvgIpc) is 2.82. The number of rotatable bonds is 5. The van der Waals surface area contributed by atoms with Gasteiger partial charge in [0.25, 0.3) is 10.1 Å². The maximum absolute atomic E-state index is 11.9. The van der Waals surface area contributed by atoms with Crippen LogP contribution in [-0.4, -0.2) is 15.0 Å². The number of thiophene rings is 1. The van der Waals surface area contributed by atoms with Crippen LogP contribution in [0.3, 0.4) is 0 Å². The fraction of sp³-hybridized carbons (Fsp3) is 0.231. The molecule has 0 amide bonds. The molecule has 0 radical (unpaired) electrons. The van der Waals surface area contributed by atoms with Gasteiger partial charge in [0.15, 0.2) is 0 Å². The Bertz CT molecular complexity index is 584. The number of hydrogen-bond donors (Lipinski definition) is 0. The Morgan fingerprint density at radius 3 is 2.50 bits per heavy atom. The highest BCUT2D eigenvalue weighted by Gasteiger charge is 2.14. The van der Waals surface area contributed by atoms with Crippen molar-refractivity contribution in [1.29, 1.82) is 0 Å². The predicted molar refractivity (Wildman–Crippen MR) is 72.3 cm³/mol. The zero-order valence-corrected chi connectivity index (χ0v) is 11.6. The van der Waals surface area contributed by atoms with E-state index in [-0.39, 0.29) is 11.5 Å². The molecule has 0 fully saturated rings.